The van der Waals surface area contributed by atoms with Crippen molar-refractivity contribution in [3.05, 3.63) is 35.7 Å². The van der Waals surface area contributed by atoms with Gasteiger partial charge < -0.3 is 10.2 Å². The van der Waals surface area contributed by atoms with Crippen molar-refractivity contribution in [3.8, 4) is 0 Å². The molecule has 0 spiro atoms. The van der Waals surface area contributed by atoms with Crippen molar-refractivity contribution < 1.29 is 12.8 Å². The Kier molecular flexibility index (Phi) is 3.15. The van der Waals surface area contributed by atoms with Gasteiger partial charge >= 0.3 is 0 Å². The summed E-state index contributed by atoms with van der Waals surface area (Å²) in [4.78, 5) is 0. The molecule has 6 nitrogen and oxygen atoms in total. The van der Waals surface area contributed by atoms with E-state index in [-0.39, 0.29) is 5.09 Å². The van der Waals surface area contributed by atoms with Gasteiger partial charge in [0.1, 0.15) is 11.6 Å². The summed E-state index contributed by atoms with van der Waals surface area (Å²) in [7, 11) is -3.32. The fourth-order valence-electron chi connectivity index (χ4n) is 1.23. The average molecular weight is 265 g/mol. The van der Waals surface area contributed by atoms with Crippen LogP contribution in [0.3, 0.4) is 0 Å². The van der Waals surface area contributed by atoms with E-state index < -0.39 is 9.84 Å². The Labute approximate surface area is 104 Å². The number of aromatic nitrogens is 2. The molecule has 0 aliphatic carbocycles. The van der Waals surface area contributed by atoms with Crippen LogP contribution >= 0.6 is 0 Å². The molecule has 0 saturated carbocycles. The lowest BCUT2D eigenvalue weighted by atomic mass is 10.3. The predicted molar refractivity (Wildman–Crippen MR) is 67.2 cm³/mol. The molecule has 2 heterocycles. The second kappa shape index (κ2) is 4.61. The average Bonchev–Trinajstić information content (AvgIpc) is 2.77. The Balaban J connectivity index is 2.19. The molecule has 2 aromatic rings. The van der Waals surface area contributed by atoms with Gasteiger partial charge in [-0.15, -0.1) is 10.2 Å². The minimum absolute atomic E-state index is 0.0643. The zero-order valence-electron chi connectivity index (χ0n) is 9.57. The zero-order chi connectivity index (χ0) is 13.2. The van der Waals surface area contributed by atoms with Gasteiger partial charge in [-0.05, 0) is 36.4 Å². The Morgan fingerprint density at radius 1 is 1.17 bits per heavy atom. The van der Waals surface area contributed by atoms with E-state index in [1.165, 1.54) is 6.07 Å². The normalized spacial score (nSPS) is 12.1. The van der Waals surface area contributed by atoms with Crippen LogP contribution in [0.25, 0.3) is 12.2 Å². The predicted octanol–water partition coefficient (Wildman–Crippen LogP) is 1.23. The van der Waals surface area contributed by atoms with E-state index in [0.717, 1.165) is 6.26 Å². The van der Waals surface area contributed by atoms with Crippen molar-refractivity contribution in [2.45, 2.75) is 5.09 Å². The van der Waals surface area contributed by atoms with E-state index in [9.17, 15) is 8.42 Å². The number of nitrogen functional groups attached to an aromatic ring is 1. The molecule has 0 atom stereocenters. The van der Waals surface area contributed by atoms with Crippen molar-refractivity contribution in [2.24, 2.45) is 0 Å². The van der Waals surface area contributed by atoms with Crippen LogP contribution in [0.5, 0.6) is 0 Å². The smallest absolute Gasteiger partial charge is 0.218 e. The Morgan fingerprint density at radius 3 is 2.50 bits per heavy atom. The molecule has 0 aliphatic rings. The molecule has 7 heteroatoms. The van der Waals surface area contributed by atoms with Crippen LogP contribution in [0, 0.1) is 0 Å². The molecule has 0 aliphatic heterocycles. The molecule has 0 radical (unpaired) electrons. The fraction of sp³-hybridized carbons (Fsp3) is 0.0909. The summed E-state index contributed by atoms with van der Waals surface area (Å²) in [5.41, 5.74) is 6.00. The van der Waals surface area contributed by atoms with Crippen molar-refractivity contribution in [1.29, 1.82) is 0 Å². The molecule has 0 saturated heterocycles. The second-order valence-electron chi connectivity index (χ2n) is 3.65. The van der Waals surface area contributed by atoms with Crippen LogP contribution in [-0.2, 0) is 9.84 Å². The number of nitrogens with zero attached hydrogens (tertiary/aromatic N) is 2. The number of hydrogen-bond acceptors (Lipinski definition) is 6. The maximum atomic E-state index is 11.2. The summed E-state index contributed by atoms with van der Waals surface area (Å²) in [5.74, 6) is 0.763. The standard InChI is InChI=1S/C11H11N3O3S/c1-18(15,16)11-7-5-9(17-11)4-2-8-3-6-10(12)14-13-8/h2-7H,1H3,(H2,12,14)/b4-2+. The highest BCUT2D eigenvalue weighted by Gasteiger charge is 2.11. The number of rotatable bonds is 3. The monoisotopic (exact) mass is 265 g/mol. The molecule has 0 amide bonds. The van der Waals surface area contributed by atoms with Gasteiger partial charge in [0.25, 0.3) is 0 Å². The largest absolute Gasteiger partial charge is 0.445 e. The molecule has 0 fully saturated rings. The van der Waals surface area contributed by atoms with Gasteiger partial charge in [0, 0.05) is 6.26 Å². The van der Waals surface area contributed by atoms with Crippen molar-refractivity contribution in [2.75, 3.05) is 12.0 Å². The number of anilines is 1. The molecule has 0 aromatic carbocycles. The van der Waals surface area contributed by atoms with Crippen LogP contribution in [0.4, 0.5) is 5.82 Å². The molecule has 0 bridgehead atoms. The number of furan rings is 1. The topological polar surface area (TPSA) is 99.1 Å². The third-order valence-corrected chi connectivity index (χ3v) is 3.04. The first-order valence-corrected chi connectivity index (χ1v) is 6.91. The van der Waals surface area contributed by atoms with E-state index in [1.807, 2.05) is 0 Å². The van der Waals surface area contributed by atoms with Crippen LogP contribution in [0.15, 0.2) is 33.8 Å². The van der Waals surface area contributed by atoms with Crippen LogP contribution < -0.4 is 5.73 Å². The SMILES string of the molecule is CS(=O)(=O)c1ccc(/C=C/c2ccc(N)nn2)o1. The minimum atomic E-state index is -3.32. The van der Waals surface area contributed by atoms with Crippen LogP contribution in [0.1, 0.15) is 11.5 Å². The highest BCUT2D eigenvalue weighted by Crippen LogP contribution is 2.15. The first-order valence-electron chi connectivity index (χ1n) is 5.02. The van der Waals surface area contributed by atoms with Gasteiger partial charge in [0.2, 0.25) is 14.9 Å². The molecule has 18 heavy (non-hydrogen) atoms. The molecule has 2 aromatic heterocycles. The quantitative estimate of drug-likeness (QED) is 0.895. The second-order valence-corrected chi connectivity index (χ2v) is 5.59. The van der Waals surface area contributed by atoms with E-state index in [1.54, 1.807) is 30.4 Å². The number of nitrogens with two attached hydrogens (primary N) is 1. The zero-order valence-corrected chi connectivity index (χ0v) is 10.4. The minimum Gasteiger partial charge on any atom is -0.445 e. The van der Waals surface area contributed by atoms with Crippen molar-refractivity contribution >= 4 is 27.8 Å². The molecule has 2 rings (SSSR count). The summed E-state index contributed by atoms with van der Waals surface area (Å²) >= 11 is 0. The lowest BCUT2D eigenvalue weighted by molar-refractivity contribution is 0.445. The Bertz CT molecular complexity index is 672. The summed E-state index contributed by atoms with van der Waals surface area (Å²) in [6.07, 6.45) is 4.34. The first kappa shape index (κ1) is 12.3. The lowest BCUT2D eigenvalue weighted by Crippen LogP contribution is -1.93. The third-order valence-electron chi connectivity index (χ3n) is 2.09. The van der Waals surface area contributed by atoms with E-state index in [2.05, 4.69) is 10.2 Å². The van der Waals surface area contributed by atoms with E-state index in [4.69, 9.17) is 10.2 Å². The molecular formula is C11H11N3O3S. The number of hydrogen-bond donors (Lipinski definition) is 1. The summed E-state index contributed by atoms with van der Waals surface area (Å²) in [5, 5.41) is 7.45. The first-order chi connectivity index (χ1) is 8.45. The maximum Gasteiger partial charge on any atom is 0.218 e. The summed E-state index contributed by atoms with van der Waals surface area (Å²) in [6, 6.07) is 6.29. The van der Waals surface area contributed by atoms with E-state index in [0.29, 0.717) is 17.3 Å². The van der Waals surface area contributed by atoms with Gasteiger partial charge in [-0.2, -0.15) is 0 Å². The highest BCUT2D eigenvalue weighted by molar-refractivity contribution is 7.90. The van der Waals surface area contributed by atoms with Crippen molar-refractivity contribution in [1.82, 2.24) is 10.2 Å². The van der Waals surface area contributed by atoms with Gasteiger partial charge in [0.15, 0.2) is 0 Å². The van der Waals surface area contributed by atoms with E-state index >= 15 is 0 Å². The Morgan fingerprint density at radius 2 is 1.94 bits per heavy atom. The summed E-state index contributed by atoms with van der Waals surface area (Å²) in [6.45, 7) is 0. The van der Waals surface area contributed by atoms with Gasteiger partial charge in [-0.1, -0.05) is 0 Å². The maximum absolute atomic E-state index is 11.2. The molecule has 0 unspecified atom stereocenters. The van der Waals surface area contributed by atoms with Gasteiger partial charge in [0.05, 0.1) is 5.69 Å². The molecule has 2 N–H and O–H groups in total. The highest BCUT2D eigenvalue weighted by atomic mass is 32.2. The van der Waals surface area contributed by atoms with Crippen LogP contribution in [-0.4, -0.2) is 24.9 Å². The number of sulfone groups is 1. The Hall–Kier alpha value is -2.15. The lowest BCUT2D eigenvalue weighted by Gasteiger charge is -1.92. The van der Waals surface area contributed by atoms with Crippen molar-refractivity contribution in [3.63, 3.8) is 0 Å². The molecule has 94 valence electrons. The molecular weight excluding hydrogens is 254 g/mol. The third kappa shape index (κ3) is 2.95. The van der Waals surface area contributed by atoms with Crippen LogP contribution in [0.2, 0.25) is 0 Å². The summed E-state index contributed by atoms with van der Waals surface area (Å²) < 4.78 is 27.6. The van der Waals surface area contributed by atoms with Gasteiger partial charge in [-0.25, -0.2) is 8.42 Å². The fourth-order valence-corrected chi connectivity index (χ4v) is 1.80. The van der Waals surface area contributed by atoms with Gasteiger partial charge in [-0.3, -0.25) is 0 Å².